The van der Waals surface area contributed by atoms with Gasteiger partial charge >= 0.3 is 0 Å². The van der Waals surface area contributed by atoms with Gasteiger partial charge in [-0.15, -0.1) is 5.10 Å². The van der Waals surface area contributed by atoms with Gasteiger partial charge < -0.3 is 10.0 Å². The Bertz CT molecular complexity index is 462. The number of rotatable bonds is 5. The van der Waals surface area contributed by atoms with Crippen LogP contribution in [0.4, 0.5) is 0 Å². The minimum atomic E-state index is -0.00692. The maximum atomic E-state index is 12.1. The van der Waals surface area contributed by atoms with Gasteiger partial charge in [-0.1, -0.05) is 11.8 Å². The molecule has 1 saturated carbocycles. The average molecular weight is 283 g/mol. The standard InChI is InChI=1S/C11H17N5O2S/c17-6-9-2-1-5-15(9)10(18)7-19-11-12-13-14-16(11)8-3-4-8/h8-9,17H,1-7H2. The van der Waals surface area contributed by atoms with Crippen LogP contribution in [-0.2, 0) is 4.79 Å². The Kier molecular flexibility index (Phi) is 3.69. The number of carbonyl (C=O) groups excluding carboxylic acids is 1. The van der Waals surface area contributed by atoms with Crippen molar-refractivity contribution >= 4 is 17.7 Å². The third kappa shape index (κ3) is 2.74. The molecule has 0 radical (unpaired) electrons. The molecule has 1 saturated heterocycles. The average Bonchev–Trinajstić information content (AvgIpc) is 2.98. The highest BCUT2D eigenvalue weighted by Crippen LogP contribution is 2.36. The summed E-state index contributed by atoms with van der Waals surface area (Å²) in [4.78, 5) is 13.9. The van der Waals surface area contributed by atoms with Gasteiger partial charge in [0.05, 0.1) is 24.4 Å². The van der Waals surface area contributed by atoms with Crippen LogP contribution in [0.15, 0.2) is 5.16 Å². The van der Waals surface area contributed by atoms with Crippen LogP contribution in [-0.4, -0.2) is 61.1 Å². The molecule has 1 aliphatic heterocycles. The topological polar surface area (TPSA) is 84.1 Å². The number of aliphatic hydroxyl groups is 1. The molecule has 0 bridgehead atoms. The van der Waals surface area contributed by atoms with Crippen LogP contribution in [0, 0.1) is 0 Å². The van der Waals surface area contributed by atoms with Crippen molar-refractivity contribution in [2.75, 3.05) is 18.9 Å². The van der Waals surface area contributed by atoms with Crippen LogP contribution < -0.4 is 0 Å². The lowest BCUT2D eigenvalue weighted by Crippen LogP contribution is -2.38. The molecule has 19 heavy (non-hydrogen) atoms. The zero-order valence-corrected chi connectivity index (χ0v) is 11.4. The SMILES string of the molecule is O=C(CSc1nnnn1C1CC1)N1CCCC1CO. The molecule has 8 heteroatoms. The molecule has 7 nitrogen and oxygen atoms in total. The Labute approximate surface area is 115 Å². The fourth-order valence-electron chi connectivity index (χ4n) is 2.39. The quantitative estimate of drug-likeness (QED) is 0.771. The van der Waals surface area contributed by atoms with Crippen molar-refractivity contribution < 1.29 is 9.90 Å². The number of carbonyl (C=O) groups is 1. The van der Waals surface area contributed by atoms with Gasteiger partial charge in [0.15, 0.2) is 0 Å². The lowest BCUT2D eigenvalue weighted by Gasteiger charge is -2.22. The molecule has 1 aromatic rings. The number of likely N-dealkylation sites (tertiary alicyclic amines) is 1. The first-order valence-corrected chi connectivity index (χ1v) is 7.59. The van der Waals surface area contributed by atoms with Crippen molar-refractivity contribution in [2.24, 2.45) is 0 Å². The monoisotopic (exact) mass is 283 g/mol. The molecule has 1 N–H and O–H groups in total. The van der Waals surface area contributed by atoms with Gasteiger partial charge in [-0.05, 0) is 36.1 Å². The highest BCUT2D eigenvalue weighted by molar-refractivity contribution is 7.99. The van der Waals surface area contributed by atoms with Crippen molar-refractivity contribution in [3.05, 3.63) is 0 Å². The van der Waals surface area contributed by atoms with Gasteiger partial charge in [0, 0.05) is 6.54 Å². The van der Waals surface area contributed by atoms with Gasteiger partial charge in [0.2, 0.25) is 11.1 Å². The molecule has 104 valence electrons. The second-order valence-corrected chi connectivity index (χ2v) is 5.93. The molecule has 2 heterocycles. The lowest BCUT2D eigenvalue weighted by atomic mass is 10.2. The molecule has 2 fully saturated rings. The number of thioether (sulfide) groups is 1. The maximum absolute atomic E-state index is 12.1. The number of aliphatic hydroxyl groups excluding tert-OH is 1. The van der Waals surface area contributed by atoms with Crippen molar-refractivity contribution in [1.29, 1.82) is 0 Å². The van der Waals surface area contributed by atoms with Crippen molar-refractivity contribution in [3.63, 3.8) is 0 Å². The number of hydrogen-bond acceptors (Lipinski definition) is 6. The summed E-state index contributed by atoms with van der Waals surface area (Å²) in [6.07, 6.45) is 4.10. The van der Waals surface area contributed by atoms with E-state index in [1.807, 2.05) is 4.68 Å². The summed E-state index contributed by atoms with van der Waals surface area (Å²) in [6, 6.07) is 0.414. The first kappa shape index (κ1) is 12.9. The largest absolute Gasteiger partial charge is 0.394 e. The van der Waals surface area contributed by atoms with Gasteiger partial charge in [0.25, 0.3) is 0 Å². The molecule has 1 unspecified atom stereocenters. The van der Waals surface area contributed by atoms with E-state index in [1.165, 1.54) is 11.8 Å². The minimum Gasteiger partial charge on any atom is -0.394 e. The summed E-state index contributed by atoms with van der Waals surface area (Å²) in [5.41, 5.74) is 0. The van der Waals surface area contributed by atoms with E-state index in [2.05, 4.69) is 15.5 Å². The smallest absolute Gasteiger partial charge is 0.233 e. The van der Waals surface area contributed by atoms with Crippen LogP contribution in [0.1, 0.15) is 31.7 Å². The number of nitrogens with zero attached hydrogens (tertiary/aromatic N) is 5. The Morgan fingerprint density at radius 1 is 1.42 bits per heavy atom. The zero-order valence-electron chi connectivity index (χ0n) is 10.6. The molecule has 1 aromatic heterocycles. The lowest BCUT2D eigenvalue weighted by molar-refractivity contribution is -0.129. The second-order valence-electron chi connectivity index (χ2n) is 4.99. The highest BCUT2D eigenvalue weighted by atomic mass is 32.2. The molecule has 0 aromatic carbocycles. The van der Waals surface area contributed by atoms with Gasteiger partial charge in [0.1, 0.15) is 0 Å². The van der Waals surface area contributed by atoms with Gasteiger partial charge in [-0.25, -0.2) is 4.68 Å². The predicted molar refractivity (Wildman–Crippen MR) is 68.6 cm³/mol. The second kappa shape index (κ2) is 5.46. The minimum absolute atomic E-state index is 0.00692. The molecular formula is C11H17N5O2S. The van der Waals surface area contributed by atoms with Crippen molar-refractivity contribution in [3.8, 4) is 0 Å². The summed E-state index contributed by atoms with van der Waals surface area (Å²) in [5, 5.41) is 21.5. The summed E-state index contributed by atoms with van der Waals surface area (Å²) < 4.78 is 1.81. The summed E-state index contributed by atoms with van der Waals surface area (Å²) in [7, 11) is 0. The van der Waals surface area contributed by atoms with E-state index in [9.17, 15) is 9.90 Å². The molecule has 1 aliphatic carbocycles. The maximum Gasteiger partial charge on any atom is 0.233 e. The summed E-state index contributed by atoms with van der Waals surface area (Å²) in [5.74, 6) is 0.399. The fourth-order valence-corrected chi connectivity index (χ4v) is 3.22. The van der Waals surface area contributed by atoms with Crippen LogP contribution >= 0.6 is 11.8 Å². The highest BCUT2D eigenvalue weighted by Gasteiger charge is 2.30. The van der Waals surface area contributed by atoms with Crippen LogP contribution in [0.5, 0.6) is 0 Å². The van der Waals surface area contributed by atoms with E-state index in [-0.39, 0.29) is 18.6 Å². The normalized spacial score (nSPS) is 23.0. The molecule has 2 aliphatic rings. The number of tetrazole rings is 1. The van der Waals surface area contributed by atoms with E-state index >= 15 is 0 Å². The number of hydrogen-bond donors (Lipinski definition) is 1. The first-order chi connectivity index (χ1) is 9.29. The number of amides is 1. The van der Waals surface area contributed by atoms with Crippen LogP contribution in [0.3, 0.4) is 0 Å². The molecule has 3 rings (SSSR count). The van der Waals surface area contributed by atoms with E-state index < -0.39 is 0 Å². The zero-order chi connectivity index (χ0) is 13.2. The van der Waals surface area contributed by atoms with Crippen molar-refractivity contribution in [2.45, 2.75) is 42.9 Å². The molecule has 1 atom stereocenters. The van der Waals surface area contributed by atoms with E-state index in [0.29, 0.717) is 11.8 Å². The van der Waals surface area contributed by atoms with Crippen LogP contribution in [0.25, 0.3) is 0 Å². The Balaban J connectivity index is 1.56. The van der Waals surface area contributed by atoms with Gasteiger partial charge in [-0.2, -0.15) is 0 Å². The van der Waals surface area contributed by atoms with E-state index in [0.717, 1.165) is 37.4 Å². The molecule has 0 spiro atoms. The predicted octanol–water partition coefficient (Wildman–Crippen LogP) is 0.0834. The van der Waals surface area contributed by atoms with E-state index in [1.54, 1.807) is 4.90 Å². The van der Waals surface area contributed by atoms with Crippen molar-refractivity contribution in [1.82, 2.24) is 25.1 Å². The first-order valence-electron chi connectivity index (χ1n) is 6.60. The fraction of sp³-hybridized carbons (Fsp3) is 0.818. The summed E-state index contributed by atoms with van der Waals surface area (Å²) >= 11 is 1.38. The van der Waals surface area contributed by atoms with E-state index in [4.69, 9.17) is 0 Å². The third-order valence-corrected chi connectivity index (χ3v) is 4.51. The Morgan fingerprint density at radius 2 is 2.26 bits per heavy atom. The number of aromatic nitrogens is 4. The Morgan fingerprint density at radius 3 is 3.00 bits per heavy atom. The Hall–Kier alpha value is -1.15. The van der Waals surface area contributed by atoms with Crippen LogP contribution in [0.2, 0.25) is 0 Å². The van der Waals surface area contributed by atoms with Gasteiger partial charge in [-0.3, -0.25) is 4.79 Å². The third-order valence-electron chi connectivity index (χ3n) is 3.59. The molecular weight excluding hydrogens is 266 g/mol. The molecule has 1 amide bonds. The summed E-state index contributed by atoms with van der Waals surface area (Å²) in [6.45, 7) is 0.800.